The second kappa shape index (κ2) is 27.8. The van der Waals surface area contributed by atoms with Gasteiger partial charge in [-0.2, -0.15) is 10.5 Å². The van der Waals surface area contributed by atoms with Crippen LogP contribution in [0.25, 0.3) is 0 Å². The molecule has 0 aromatic carbocycles. The smallest absolute Gasteiger partial charge is 0.0621 e. The summed E-state index contributed by atoms with van der Waals surface area (Å²) in [5, 5.41) is 17.1. The lowest BCUT2D eigenvalue weighted by Gasteiger charge is -2.09. The van der Waals surface area contributed by atoms with E-state index in [1.165, 1.54) is 135 Å². The monoisotopic (exact) mass is 442 g/mol. The topological polar surface area (TPSA) is 47.6 Å². The molecule has 0 radical (unpaired) electrons. The lowest BCUT2D eigenvalue weighted by Crippen LogP contribution is -1.89. The van der Waals surface area contributed by atoms with Crippen LogP contribution >= 0.6 is 0 Å². The summed E-state index contributed by atoms with van der Waals surface area (Å²) in [5.41, 5.74) is 1.74. The molecule has 184 valence electrons. The van der Waals surface area contributed by atoms with Crippen molar-refractivity contribution in [3.8, 4) is 12.1 Å². The van der Waals surface area contributed by atoms with Crippen LogP contribution in [0, 0.1) is 22.7 Å². The number of hydrogen-bond donors (Lipinski definition) is 0. The third kappa shape index (κ3) is 25.0. The fraction of sp³-hybridized carbons (Fsp3) is 0.867. The largest absolute Gasteiger partial charge is 0.198 e. The zero-order valence-corrected chi connectivity index (χ0v) is 21.6. The molecule has 0 heterocycles. The highest BCUT2D eigenvalue weighted by Gasteiger charge is 2.00. The standard InChI is InChI=1S/C30H54N2/c1-2-3-4-20-25-30(27-22-17-13-11-15-19-24-29-32)26-21-16-12-9-7-5-6-8-10-14-18-23-28-31/h27H,2-26H2,1H3. The van der Waals surface area contributed by atoms with E-state index < -0.39 is 0 Å². The Hall–Kier alpha value is -1.28. The maximum absolute atomic E-state index is 8.60. The quantitative estimate of drug-likeness (QED) is 0.104. The van der Waals surface area contributed by atoms with Crippen molar-refractivity contribution in [3.63, 3.8) is 0 Å². The predicted octanol–water partition coefficient (Wildman–Crippen LogP) is 10.7. The fourth-order valence-electron chi connectivity index (χ4n) is 4.44. The molecule has 0 amide bonds. The van der Waals surface area contributed by atoms with Crippen molar-refractivity contribution in [2.45, 2.75) is 167 Å². The molecule has 0 aliphatic rings. The highest BCUT2D eigenvalue weighted by Crippen LogP contribution is 2.20. The number of allylic oxidation sites excluding steroid dienone is 2. The molecule has 0 N–H and O–H groups in total. The molecule has 0 spiro atoms. The summed E-state index contributed by atoms with van der Waals surface area (Å²) in [6, 6.07) is 4.48. The maximum Gasteiger partial charge on any atom is 0.0621 e. The van der Waals surface area contributed by atoms with Crippen LogP contribution in [0.5, 0.6) is 0 Å². The molecule has 0 aliphatic carbocycles. The molecule has 0 saturated carbocycles. The van der Waals surface area contributed by atoms with Gasteiger partial charge >= 0.3 is 0 Å². The van der Waals surface area contributed by atoms with E-state index in [0.29, 0.717) is 0 Å². The Bertz CT molecular complexity index is 480. The van der Waals surface area contributed by atoms with Gasteiger partial charge in [-0.1, -0.05) is 115 Å². The van der Waals surface area contributed by atoms with Crippen LogP contribution < -0.4 is 0 Å². The van der Waals surface area contributed by atoms with Gasteiger partial charge in [-0.3, -0.25) is 0 Å². The first-order valence-corrected chi connectivity index (χ1v) is 14.3. The minimum absolute atomic E-state index is 0.728. The van der Waals surface area contributed by atoms with Crippen molar-refractivity contribution >= 4 is 0 Å². The molecule has 0 aliphatic heterocycles. The third-order valence-corrected chi connectivity index (χ3v) is 6.56. The van der Waals surface area contributed by atoms with Gasteiger partial charge in [-0.15, -0.1) is 0 Å². The van der Waals surface area contributed by atoms with E-state index in [2.05, 4.69) is 25.1 Å². The summed E-state index contributed by atoms with van der Waals surface area (Å²) in [6.07, 6.45) is 34.5. The Kier molecular flexibility index (Phi) is 26.6. The number of nitrogens with zero attached hydrogens (tertiary/aromatic N) is 2. The fourth-order valence-corrected chi connectivity index (χ4v) is 4.44. The van der Waals surface area contributed by atoms with Gasteiger partial charge in [0.25, 0.3) is 0 Å². The van der Waals surface area contributed by atoms with Gasteiger partial charge in [0.1, 0.15) is 0 Å². The van der Waals surface area contributed by atoms with Gasteiger partial charge in [0, 0.05) is 12.8 Å². The third-order valence-electron chi connectivity index (χ3n) is 6.56. The summed E-state index contributed by atoms with van der Waals surface area (Å²) in [4.78, 5) is 0. The van der Waals surface area contributed by atoms with Crippen molar-refractivity contribution in [1.82, 2.24) is 0 Å². The molecule has 0 fully saturated rings. The van der Waals surface area contributed by atoms with Crippen LogP contribution in [0.15, 0.2) is 11.6 Å². The van der Waals surface area contributed by atoms with E-state index >= 15 is 0 Å². The van der Waals surface area contributed by atoms with E-state index in [1.807, 2.05) is 0 Å². The van der Waals surface area contributed by atoms with Crippen LogP contribution in [0.2, 0.25) is 0 Å². The first kappa shape index (κ1) is 30.7. The van der Waals surface area contributed by atoms with Crippen molar-refractivity contribution in [2.75, 3.05) is 0 Å². The number of unbranched alkanes of at least 4 members (excludes halogenated alkanes) is 20. The molecule has 0 saturated heterocycles. The Labute approximate surface area is 201 Å². The van der Waals surface area contributed by atoms with Gasteiger partial charge in [0.15, 0.2) is 0 Å². The number of nitriles is 2. The van der Waals surface area contributed by atoms with Gasteiger partial charge in [0.2, 0.25) is 0 Å². The summed E-state index contributed by atoms with van der Waals surface area (Å²) in [7, 11) is 0. The molecule has 0 atom stereocenters. The molecule has 0 unspecified atom stereocenters. The maximum atomic E-state index is 8.60. The molecule has 0 aromatic rings. The minimum Gasteiger partial charge on any atom is -0.198 e. The van der Waals surface area contributed by atoms with Crippen LogP contribution in [-0.2, 0) is 0 Å². The molecule has 0 bridgehead atoms. The predicted molar refractivity (Wildman–Crippen MR) is 140 cm³/mol. The first-order chi connectivity index (χ1) is 15.8. The van der Waals surface area contributed by atoms with Crippen molar-refractivity contribution < 1.29 is 0 Å². The van der Waals surface area contributed by atoms with Crippen molar-refractivity contribution in [3.05, 3.63) is 11.6 Å². The Morgan fingerprint density at radius 2 is 0.875 bits per heavy atom. The molecule has 0 rings (SSSR count). The zero-order chi connectivity index (χ0) is 23.4. The normalized spacial score (nSPS) is 11.4. The van der Waals surface area contributed by atoms with E-state index in [9.17, 15) is 0 Å². The van der Waals surface area contributed by atoms with Crippen LogP contribution in [0.1, 0.15) is 167 Å². The Morgan fingerprint density at radius 1 is 0.500 bits per heavy atom. The van der Waals surface area contributed by atoms with Gasteiger partial charge < -0.3 is 0 Å². The molecule has 2 nitrogen and oxygen atoms in total. The highest BCUT2D eigenvalue weighted by atomic mass is 14.2. The molecular weight excluding hydrogens is 388 g/mol. The lowest BCUT2D eigenvalue weighted by atomic mass is 9.98. The van der Waals surface area contributed by atoms with Crippen LogP contribution in [-0.4, -0.2) is 0 Å². The van der Waals surface area contributed by atoms with Gasteiger partial charge in [-0.05, 0) is 51.4 Å². The molecule has 32 heavy (non-hydrogen) atoms. The van der Waals surface area contributed by atoms with Gasteiger partial charge in [-0.25, -0.2) is 0 Å². The van der Waals surface area contributed by atoms with Gasteiger partial charge in [0.05, 0.1) is 12.1 Å². The van der Waals surface area contributed by atoms with Crippen molar-refractivity contribution in [2.24, 2.45) is 0 Å². The molecule has 2 heteroatoms. The van der Waals surface area contributed by atoms with E-state index in [0.717, 1.165) is 25.7 Å². The second-order valence-corrected chi connectivity index (χ2v) is 9.68. The highest BCUT2D eigenvalue weighted by molar-refractivity contribution is 5.02. The summed E-state index contributed by atoms with van der Waals surface area (Å²) in [5.74, 6) is 0. The lowest BCUT2D eigenvalue weighted by molar-refractivity contribution is 0.544. The van der Waals surface area contributed by atoms with Crippen molar-refractivity contribution in [1.29, 1.82) is 10.5 Å². The zero-order valence-electron chi connectivity index (χ0n) is 21.6. The van der Waals surface area contributed by atoms with Crippen LogP contribution in [0.3, 0.4) is 0 Å². The Morgan fingerprint density at radius 3 is 1.31 bits per heavy atom. The number of rotatable bonds is 25. The number of hydrogen-bond acceptors (Lipinski definition) is 2. The summed E-state index contributed by atoms with van der Waals surface area (Å²) < 4.78 is 0. The first-order valence-electron chi connectivity index (χ1n) is 14.3. The summed E-state index contributed by atoms with van der Waals surface area (Å²) >= 11 is 0. The Balaban J connectivity index is 3.76. The van der Waals surface area contributed by atoms with Crippen LogP contribution in [0.4, 0.5) is 0 Å². The van der Waals surface area contributed by atoms with E-state index in [-0.39, 0.29) is 0 Å². The van der Waals surface area contributed by atoms with E-state index in [1.54, 1.807) is 5.57 Å². The average Bonchev–Trinajstić information content (AvgIpc) is 2.80. The SMILES string of the molecule is CCCCCCC(=CCCCCCCCC#N)CCCCCCCCCCCCCC#N. The second-order valence-electron chi connectivity index (χ2n) is 9.68. The summed E-state index contributed by atoms with van der Waals surface area (Å²) in [6.45, 7) is 2.30. The molecular formula is C30H54N2. The van der Waals surface area contributed by atoms with E-state index in [4.69, 9.17) is 10.5 Å². The average molecular weight is 443 g/mol. The molecule has 0 aromatic heterocycles. The minimum atomic E-state index is 0.728.